The fourth-order valence-corrected chi connectivity index (χ4v) is 4.91. The second kappa shape index (κ2) is 10.6. The Hall–Kier alpha value is -3.85. The topological polar surface area (TPSA) is 27.1 Å². The second-order valence-electron chi connectivity index (χ2n) is 9.24. The number of imidazole rings is 1. The third kappa shape index (κ3) is 5.30. The molecule has 5 aromatic rings. The third-order valence-corrected chi connectivity index (χ3v) is 6.45. The molecule has 0 bridgehead atoms. The monoisotopic (exact) mass is 460 g/mol. The van der Waals surface area contributed by atoms with E-state index in [0.29, 0.717) is 6.61 Å². The summed E-state index contributed by atoms with van der Waals surface area (Å²) in [6.45, 7) is 5.84. The zero-order chi connectivity index (χ0) is 24.0. The Morgan fingerprint density at radius 3 is 1.97 bits per heavy atom. The molecular weight excluding hydrogens is 428 g/mol. The molecule has 0 amide bonds. The van der Waals surface area contributed by atoms with Crippen molar-refractivity contribution in [2.45, 2.75) is 39.2 Å². The number of hydrogen-bond donors (Lipinski definition) is 0. The summed E-state index contributed by atoms with van der Waals surface area (Å²) in [5.41, 5.74) is 7.23. The number of benzene rings is 4. The van der Waals surface area contributed by atoms with E-state index in [0.717, 1.165) is 36.5 Å². The Bertz CT molecular complexity index is 1330. The van der Waals surface area contributed by atoms with Crippen molar-refractivity contribution in [2.75, 3.05) is 6.61 Å². The van der Waals surface area contributed by atoms with E-state index in [2.05, 4.69) is 122 Å². The number of unbranched alkanes of at least 4 members (excludes halogenated alkanes) is 1. The number of fused-ring (bicyclic) bond motifs is 1. The number of rotatable bonds is 9. The predicted octanol–water partition coefficient (Wildman–Crippen LogP) is 7.69. The molecule has 5 rings (SSSR count). The highest BCUT2D eigenvalue weighted by molar-refractivity contribution is 5.76. The highest BCUT2D eigenvalue weighted by Crippen LogP contribution is 2.33. The lowest BCUT2D eigenvalue weighted by Gasteiger charge is -2.20. The zero-order valence-corrected chi connectivity index (χ0v) is 20.5. The summed E-state index contributed by atoms with van der Waals surface area (Å²) in [4.78, 5) is 5.16. The van der Waals surface area contributed by atoms with Gasteiger partial charge in [0.25, 0.3) is 0 Å². The molecule has 4 aromatic carbocycles. The maximum absolute atomic E-state index is 6.07. The number of aromatic nitrogens is 2. The van der Waals surface area contributed by atoms with Crippen molar-refractivity contribution in [1.82, 2.24) is 9.55 Å². The SMILES string of the molecule is Cc1cc(C)cc(OCCCCn2c(C(c3ccccc3)c3ccccc3)nc3ccccc32)c1. The van der Waals surface area contributed by atoms with E-state index in [4.69, 9.17) is 9.72 Å². The maximum atomic E-state index is 6.07. The van der Waals surface area contributed by atoms with Crippen LogP contribution in [0, 0.1) is 13.8 Å². The Morgan fingerprint density at radius 1 is 0.714 bits per heavy atom. The molecule has 0 unspecified atom stereocenters. The minimum atomic E-state index is 0.0799. The summed E-state index contributed by atoms with van der Waals surface area (Å²) in [6, 6.07) is 36.3. The molecule has 0 atom stereocenters. The van der Waals surface area contributed by atoms with Gasteiger partial charge in [0.05, 0.1) is 23.6 Å². The minimum Gasteiger partial charge on any atom is -0.494 e. The molecule has 1 heterocycles. The standard InChI is InChI=1S/C32H32N2O/c1-24-21-25(2)23-28(22-24)35-20-12-11-19-34-30-18-10-9-17-29(30)33-32(34)31(26-13-5-3-6-14-26)27-15-7-4-8-16-27/h3-10,13-18,21-23,31H,11-12,19-20H2,1-2H3. The van der Waals surface area contributed by atoms with Crippen LogP contribution in [0.4, 0.5) is 0 Å². The fourth-order valence-electron chi connectivity index (χ4n) is 4.91. The van der Waals surface area contributed by atoms with E-state index >= 15 is 0 Å². The summed E-state index contributed by atoms with van der Waals surface area (Å²) in [5, 5.41) is 0. The fraction of sp³-hybridized carbons (Fsp3) is 0.219. The molecule has 35 heavy (non-hydrogen) atoms. The van der Waals surface area contributed by atoms with Crippen molar-refractivity contribution in [3.05, 3.63) is 131 Å². The van der Waals surface area contributed by atoms with Crippen LogP contribution in [0.3, 0.4) is 0 Å². The second-order valence-corrected chi connectivity index (χ2v) is 9.24. The van der Waals surface area contributed by atoms with Gasteiger partial charge >= 0.3 is 0 Å². The first-order chi connectivity index (χ1) is 17.2. The Kier molecular flexibility index (Phi) is 6.94. The first-order valence-electron chi connectivity index (χ1n) is 12.5. The summed E-state index contributed by atoms with van der Waals surface area (Å²) >= 11 is 0. The van der Waals surface area contributed by atoms with Crippen LogP contribution in [-0.4, -0.2) is 16.2 Å². The number of nitrogens with zero attached hydrogens (tertiary/aromatic N) is 2. The van der Waals surface area contributed by atoms with Gasteiger partial charge in [-0.05, 0) is 73.2 Å². The van der Waals surface area contributed by atoms with Crippen LogP contribution in [-0.2, 0) is 6.54 Å². The number of ether oxygens (including phenoxy) is 1. The summed E-state index contributed by atoms with van der Waals surface area (Å²) in [7, 11) is 0. The molecule has 0 radical (unpaired) electrons. The molecule has 3 heteroatoms. The van der Waals surface area contributed by atoms with Crippen molar-refractivity contribution >= 4 is 11.0 Å². The van der Waals surface area contributed by atoms with Gasteiger partial charge in [0.2, 0.25) is 0 Å². The normalized spacial score (nSPS) is 11.3. The molecule has 0 fully saturated rings. The van der Waals surface area contributed by atoms with E-state index in [1.54, 1.807) is 0 Å². The van der Waals surface area contributed by atoms with E-state index < -0.39 is 0 Å². The van der Waals surface area contributed by atoms with Gasteiger partial charge in [-0.25, -0.2) is 4.98 Å². The third-order valence-electron chi connectivity index (χ3n) is 6.45. The molecule has 176 valence electrons. The lowest BCUT2D eigenvalue weighted by Crippen LogP contribution is -2.13. The molecule has 0 spiro atoms. The molecule has 0 aliphatic carbocycles. The molecule has 0 saturated heterocycles. The molecule has 1 aromatic heterocycles. The van der Waals surface area contributed by atoms with E-state index in [9.17, 15) is 0 Å². The molecular formula is C32H32N2O. The van der Waals surface area contributed by atoms with Gasteiger partial charge in [-0.2, -0.15) is 0 Å². The molecule has 3 nitrogen and oxygen atoms in total. The summed E-state index contributed by atoms with van der Waals surface area (Å²) < 4.78 is 8.48. The molecule has 0 N–H and O–H groups in total. The van der Waals surface area contributed by atoms with Crippen LogP contribution >= 0.6 is 0 Å². The van der Waals surface area contributed by atoms with Crippen LogP contribution in [0.25, 0.3) is 11.0 Å². The van der Waals surface area contributed by atoms with E-state index in [1.165, 1.54) is 27.8 Å². The van der Waals surface area contributed by atoms with Crippen molar-refractivity contribution in [3.63, 3.8) is 0 Å². The smallest absolute Gasteiger partial charge is 0.121 e. The average Bonchev–Trinajstić information content (AvgIpc) is 3.23. The molecule has 0 aliphatic heterocycles. The number of hydrogen-bond acceptors (Lipinski definition) is 2. The van der Waals surface area contributed by atoms with Crippen molar-refractivity contribution in [3.8, 4) is 5.75 Å². The number of para-hydroxylation sites is 2. The van der Waals surface area contributed by atoms with Crippen molar-refractivity contribution in [2.24, 2.45) is 0 Å². The van der Waals surface area contributed by atoms with Gasteiger partial charge in [0, 0.05) is 6.54 Å². The summed E-state index contributed by atoms with van der Waals surface area (Å²) in [6.07, 6.45) is 2.01. The Balaban J connectivity index is 1.40. The van der Waals surface area contributed by atoms with Crippen LogP contribution in [0.1, 0.15) is 46.8 Å². The van der Waals surface area contributed by atoms with Crippen LogP contribution in [0.15, 0.2) is 103 Å². The van der Waals surface area contributed by atoms with Gasteiger partial charge in [0.15, 0.2) is 0 Å². The van der Waals surface area contributed by atoms with Crippen LogP contribution < -0.4 is 4.74 Å². The average molecular weight is 461 g/mol. The molecule has 0 aliphatic rings. The largest absolute Gasteiger partial charge is 0.494 e. The van der Waals surface area contributed by atoms with Gasteiger partial charge < -0.3 is 9.30 Å². The van der Waals surface area contributed by atoms with E-state index in [1.807, 2.05) is 0 Å². The summed E-state index contributed by atoms with van der Waals surface area (Å²) in [5.74, 6) is 2.14. The first kappa shape index (κ1) is 22.9. The minimum absolute atomic E-state index is 0.0799. The van der Waals surface area contributed by atoms with Crippen molar-refractivity contribution < 1.29 is 4.74 Å². The first-order valence-corrected chi connectivity index (χ1v) is 12.5. The lowest BCUT2D eigenvalue weighted by molar-refractivity contribution is 0.303. The van der Waals surface area contributed by atoms with E-state index in [-0.39, 0.29) is 5.92 Å². The highest BCUT2D eigenvalue weighted by atomic mass is 16.5. The number of aryl methyl sites for hydroxylation is 3. The Labute approximate surface area is 208 Å². The van der Waals surface area contributed by atoms with Crippen LogP contribution in [0.2, 0.25) is 0 Å². The van der Waals surface area contributed by atoms with Gasteiger partial charge in [-0.15, -0.1) is 0 Å². The maximum Gasteiger partial charge on any atom is 0.121 e. The molecule has 0 saturated carbocycles. The Morgan fingerprint density at radius 2 is 1.31 bits per heavy atom. The van der Waals surface area contributed by atoms with Gasteiger partial charge in [-0.3, -0.25) is 0 Å². The van der Waals surface area contributed by atoms with Crippen molar-refractivity contribution in [1.29, 1.82) is 0 Å². The quantitative estimate of drug-likeness (QED) is 0.211. The predicted molar refractivity (Wildman–Crippen MR) is 144 cm³/mol. The highest BCUT2D eigenvalue weighted by Gasteiger charge is 2.23. The van der Waals surface area contributed by atoms with Crippen LogP contribution in [0.5, 0.6) is 5.75 Å². The zero-order valence-electron chi connectivity index (χ0n) is 20.5. The van der Waals surface area contributed by atoms with Gasteiger partial charge in [0.1, 0.15) is 11.6 Å². The van der Waals surface area contributed by atoms with Gasteiger partial charge in [-0.1, -0.05) is 78.9 Å². The lowest BCUT2D eigenvalue weighted by atomic mass is 9.90.